The molecule has 0 atom stereocenters. The van der Waals surface area contributed by atoms with Crippen molar-refractivity contribution in [3.8, 4) is 0 Å². The van der Waals surface area contributed by atoms with Gasteiger partial charge in [-0.25, -0.2) is 4.98 Å². The highest BCUT2D eigenvalue weighted by Gasteiger charge is 2.12. The number of carbonyl (C=O) groups excluding carboxylic acids is 1. The second-order valence-corrected chi connectivity index (χ2v) is 5.66. The number of fused-ring (bicyclic) bond motifs is 1. The maximum Gasteiger partial charge on any atom is 0.227 e. The largest absolute Gasteiger partial charge is 0.345 e. The van der Waals surface area contributed by atoms with Crippen molar-refractivity contribution in [2.24, 2.45) is 0 Å². The number of nitrogens with one attached hydrogen (secondary N) is 2. The quantitative estimate of drug-likeness (QED) is 0.756. The number of nitrogens with zero attached hydrogens (tertiary/aromatic N) is 2. The summed E-state index contributed by atoms with van der Waals surface area (Å²) in [5, 5.41) is 3.98. The highest BCUT2D eigenvalue weighted by atomic mass is 16.1. The molecule has 3 aromatic rings. The number of aromatic amines is 1. The average Bonchev–Trinajstić information content (AvgIpc) is 3.12. The number of benzene rings is 1. The van der Waals surface area contributed by atoms with Gasteiger partial charge in [-0.2, -0.15) is 0 Å². The van der Waals surface area contributed by atoms with Crippen LogP contribution in [0.4, 0.5) is 5.95 Å². The van der Waals surface area contributed by atoms with E-state index in [4.69, 9.17) is 0 Å². The monoisotopic (exact) mass is 296 g/mol. The van der Waals surface area contributed by atoms with E-state index in [0.717, 1.165) is 0 Å². The fourth-order valence-corrected chi connectivity index (χ4v) is 2.68. The van der Waals surface area contributed by atoms with Crippen LogP contribution in [-0.2, 0) is 11.2 Å². The summed E-state index contributed by atoms with van der Waals surface area (Å²) in [6.45, 7) is 4.33. The van der Waals surface area contributed by atoms with Crippen molar-refractivity contribution in [3.05, 3.63) is 48.4 Å². The number of H-pyrrole nitrogens is 1. The Balaban J connectivity index is 1.75. The Kier molecular flexibility index (Phi) is 3.96. The van der Waals surface area contributed by atoms with Gasteiger partial charge in [0.2, 0.25) is 11.9 Å². The molecule has 22 heavy (non-hydrogen) atoms. The first-order valence-corrected chi connectivity index (χ1v) is 7.53. The molecule has 2 heterocycles. The first-order valence-electron chi connectivity index (χ1n) is 7.53. The molecule has 0 aliphatic carbocycles. The van der Waals surface area contributed by atoms with Gasteiger partial charge in [0.1, 0.15) is 0 Å². The summed E-state index contributed by atoms with van der Waals surface area (Å²) in [4.78, 5) is 18.8. The summed E-state index contributed by atoms with van der Waals surface area (Å²) >= 11 is 0. The Labute approximate surface area is 129 Å². The zero-order chi connectivity index (χ0) is 15.5. The lowest BCUT2D eigenvalue weighted by Crippen LogP contribution is -2.13. The van der Waals surface area contributed by atoms with E-state index >= 15 is 0 Å². The third-order valence-electron chi connectivity index (χ3n) is 3.76. The number of aryl methyl sites for hydroxylation is 1. The molecule has 0 aliphatic rings. The van der Waals surface area contributed by atoms with Gasteiger partial charge >= 0.3 is 0 Å². The number of anilines is 1. The summed E-state index contributed by atoms with van der Waals surface area (Å²) in [6, 6.07) is 8.74. The SMILES string of the molecule is CC(C)n1cc(CCC(=O)Nc2ncc[nH]2)c2ccccc21. The molecule has 0 bridgehead atoms. The summed E-state index contributed by atoms with van der Waals surface area (Å²) in [7, 11) is 0. The van der Waals surface area contributed by atoms with Crippen LogP contribution < -0.4 is 5.32 Å². The van der Waals surface area contributed by atoms with E-state index in [9.17, 15) is 4.79 Å². The summed E-state index contributed by atoms with van der Waals surface area (Å²) < 4.78 is 2.26. The van der Waals surface area contributed by atoms with Gasteiger partial charge in [-0.3, -0.25) is 10.1 Å². The molecule has 0 fully saturated rings. The van der Waals surface area contributed by atoms with Crippen LogP contribution in [0, 0.1) is 0 Å². The highest BCUT2D eigenvalue weighted by Crippen LogP contribution is 2.25. The molecule has 114 valence electrons. The molecule has 0 radical (unpaired) electrons. The minimum absolute atomic E-state index is 0.0312. The maximum atomic E-state index is 12.0. The first kappa shape index (κ1) is 14.4. The number of hydrogen-bond donors (Lipinski definition) is 2. The Hall–Kier alpha value is -2.56. The van der Waals surface area contributed by atoms with Gasteiger partial charge in [0, 0.05) is 42.0 Å². The molecular formula is C17H20N4O. The normalized spacial score (nSPS) is 11.2. The van der Waals surface area contributed by atoms with E-state index in [1.807, 2.05) is 6.07 Å². The van der Waals surface area contributed by atoms with Crippen LogP contribution in [0.15, 0.2) is 42.9 Å². The van der Waals surface area contributed by atoms with E-state index in [1.54, 1.807) is 12.4 Å². The van der Waals surface area contributed by atoms with Gasteiger partial charge in [0.05, 0.1) is 0 Å². The maximum absolute atomic E-state index is 12.0. The van der Waals surface area contributed by atoms with Crippen LogP contribution >= 0.6 is 0 Å². The highest BCUT2D eigenvalue weighted by molar-refractivity contribution is 5.90. The Morgan fingerprint density at radius 2 is 2.18 bits per heavy atom. The predicted octanol–water partition coefficient (Wildman–Crippen LogP) is 3.52. The second-order valence-electron chi connectivity index (χ2n) is 5.66. The van der Waals surface area contributed by atoms with Crippen LogP contribution in [0.25, 0.3) is 10.9 Å². The molecule has 1 amide bonds. The van der Waals surface area contributed by atoms with E-state index in [-0.39, 0.29) is 5.91 Å². The van der Waals surface area contributed by atoms with Gasteiger partial charge < -0.3 is 9.55 Å². The number of amides is 1. The molecule has 0 saturated heterocycles. The number of carbonyl (C=O) groups is 1. The van der Waals surface area contributed by atoms with Crippen LogP contribution in [0.3, 0.4) is 0 Å². The van der Waals surface area contributed by atoms with Crippen molar-refractivity contribution in [2.45, 2.75) is 32.7 Å². The Morgan fingerprint density at radius 1 is 1.36 bits per heavy atom. The molecule has 0 aliphatic heterocycles. The van der Waals surface area contributed by atoms with Gasteiger partial charge in [-0.05, 0) is 31.9 Å². The van der Waals surface area contributed by atoms with Gasteiger partial charge in [-0.15, -0.1) is 0 Å². The lowest BCUT2D eigenvalue weighted by Gasteiger charge is -2.08. The van der Waals surface area contributed by atoms with E-state index < -0.39 is 0 Å². The van der Waals surface area contributed by atoms with Crippen molar-refractivity contribution in [2.75, 3.05) is 5.32 Å². The molecule has 2 N–H and O–H groups in total. The smallest absolute Gasteiger partial charge is 0.227 e. The van der Waals surface area contributed by atoms with Crippen molar-refractivity contribution in [3.63, 3.8) is 0 Å². The van der Waals surface area contributed by atoms with Crippen LogP contribution in [0.1, 0.15) is 31.9 Å². The van der Waals surface area contributed by atoms with Gasteiger partial charge in [0.25, 0.3) is 0 Å². The molecule has 0 saturated carbocycles. The fourth-order valence-electron chi connectivity index (χ4n) is 2.68. The Bertz CT molecular complexity index is 771. The predicted molar refractivity (Wildman–Crippen MR) is 87.9 cm³/mol. The number of aromatic nitrogens is 3. The lowest BCUT2D eigenvalue weighted by molar-refractivity contribution is -0.116. The Morgan fingerprint density at radius 3 is 2.91 bits per heavy atom. The van der Waals surface area contributed by atoms with Crippen molar-refractivity contribution in [1.29, 1.82) is 0 Å². The standard InChI is InChI=1S/C17H20N4O/c1-12(2)21-11-13(14-5-3-4-6-15(14)21)7-8-16(22)20-17-18-9-10-19-17/h3-6,9-12H,7-8H2,1-2H3,(H2,18,19,20,22). The number of hydrogen-bond acceptors (Lipinski definition) is 2. The molecule has 0 spiro atoms. The van der Waals surface area contributed by atoms with Crippen molar-refractivity contribution in [1.82, 2.24) is 14.5 Å². The lowest BCUT2D eigenvalue weighted by atomic mass is 10.1. The molecule has 5 heteroatoms. The summed E-state index contributed by atoms with van der Waals surface area (Å²) in [5.74, 6) is 0.464. The topological polar surface area (TPSA) is 62.7 Å². The van der Waals surface area contributed by atoms with Crippen LogP contribution in [0.5, 0.6) is 0 Å². The molecule has 3 rings (SSSR count). The van der Waals surface area contributed by atoms with Crippen molar-refractivity contribution < 1.29 is 4.79 Å². The minimum Gasteiger partial charge on any atom is -0.345 e. The molecule has 0 unspecified atom stereocenters. The number of imidazole rings is 1. The summed E-state index contributed by atoms with van der Waals surface area (Å²) in [5.41, 5.74) is 2.43. The third kappa shape index (κ3) is 2.88. The second kappa shape index (κ2) is 6.05. The fraction of sp³-hybridized carbons (Fsp3) is 0.294. The van der Waals surface area contributed by atoms with E-state index in [1.165, 1.54) is 16.5 Å². The van der Waals surface area contributed by atoms with Crippen LogP contribution in [-0.4, -0.2) is 20.4 Å². The molecule has 1 aromatic carbocycles. The summed E-state index contributed by atoms with van der Waals surface area (Å²) in [6.07, 6.45) is 6.62. The zero-order valence-corrected chi connectivity index (χ0v) is 12.8. The molecule has 5 nitrogen and oxygen atoms in total. The number of para-hydroxylation sites is 1. The minimum atomic E-state index is -0.0312. The van der Waals surface area contributed by atoms with E-state index in [0.29, 0.717) is 24.8 Å². The third-order valence-corrected chi connectivity index (χ3v) is 3.76. The van der Waals surface area contributed by atoms with Gasteiger partial charge in [0.15, 0.2) is 0 Å². The van der Waals surface area contributed by atoms with Crippen molar-refractivity contribution >= 4 is 22.8 Å². The average molecular weight is 296 g/mol. The first-order chi connectivity index (χ1) is 10.6. The molecular weight excluding hydrogens is 276 g/mol. The molecule has 2 aromatic heterocycles. The van der Waals surface area contributed by atoms with Crippen LogP contribution in [0.2, 0.25) is 0 Å². The zero-order valence-electron chi connectivity index (χ0n) is 12.8. The van der Waals surface area contributed by atoms with E-state index in [2.05, 4.69) is 58.1 Å². The van der Waals surface area contributed by atoms with Gasteiger partial charge in [-0.1, -0.05) is 18.2 Å². The number of rotatable bonds is 5.